The zero-order valence-electron chi connectivity index (χ0n) is 20.0. The van der Waals surface area contributed by atoms with E-state index in [2.05, 4.69) is 15.6 Å². The number of amides is 3. The van der Waals surface area contributed by atoms with Crippen LogP contribution in [-0.2, 0) is 28.6 Å². The van der Waals surface area contributed by atoms with Gasteiger partial charge in [-0.2, -0.15) is 0 Å². The molecule has 1 aromatic heterocycles. The first-order valence-electron chi connectivity index (χ1n) is 10.6. The number of esters is 1. The minimum atomic E-state index is -1.65. The molecule has 3 amide bonds. The molecule has 0 bridgehead atoms. The summed E-state index contributed by atoms with van der Waals surface area (Å²) < 4.78 is 14.9. The molecule has 2 aliphatic rings. The first-order valence-corrected chi connectivity index (χ1v) is 12.9. The number of carbonyl (C=O) groups is 5. The Balaban J connectivity index is 1.69. The zero-order valence-corrected chi connectivity index (χ0v) is 22.4. The standard InChI is InChI=1S/C21H23ClN4O9S2/c1-9(27)33-6-10-7-36-17-13(15(29)26(17)16(10)34-20(31)32)24-14(28)11(5-22)12-8-37-18(23-12)25-19(30)35-21(2,3)4/h5,8,13,17H,6-7H2,1-4H3,(H,24,28)(H,31,32)(H,23,25,30)/t13?,17-/m0/s1. The lowest BCUT2D eigenvalue weighted by molar-refractivity contribution is -0.148. The first kappa shape index (κ1) is 28.3. The maximum absolute atomic E-state index is 12.9. The highest BCUT2D eigenvalue weighted by Crippen LogP contribution is 2.41. The Morgan fingerprint density at radius 2 is 2.03 bits per heavy atom. The molecule has 1 unspecified atom stereocenters. The normalized spacial score (nSPS) is 19.4. The van der Waals surface area contributed by atoms with E-state index < -0.39 is 47.0 Å². The van der Waals surface area contributed by atoms with E-state index in [0.717, 1.165) is 21.8 Å². The van der Waals surface area contributed by atoms with Crippen LogP contribution in [0.25, 0.3) is 5.57 Å². The number of carbonyl (C=O) groups excluding carboxylic acids is 4. The summed E-state index contributed by atoms with van der Waals surface area (Å²) >= 11 is 8.14. The van der Waals surface area contributed by atoms with Crippen LogP contribution in [0.15, 0.2) is 22.4 Å². The lowest BCUT2D eigenvalue weighted by atomic mass is 10.1. The van der Waals surface area contributed by atoms with Gasteiger partial charge in [0.25, 0.3) is 11.8 Å². The smallest absolute Gasteiger partial charge is 0.461 e. The van der Waals surface area contributed by atoms with E-state index in [1.54, 1.807) is 20.8 Å². The molecule has 13 nitrogen and oxygen atoms in total. The van der Waals surface area contributed by atoms with Gasteiger partial charge in [0.15, 0.2) is 5.13 Å². The van der Waals surface area contributed by atoms with Gasteiger partial charge in [-0.05, 0) is 20.8 Å². The maximum atomic E-state index is 12.9. The Kier molecular flexibility index (Phi) is 8.71. The average molecular weight is 575 g/mol. The van der Waals surface area contributed by atoms with Gasteiger partial charge >= 0.3 is 18.2 Å². The molecule has 1 aromatic rings. The zero-order chi connectivity index (χ0) is 27.5. The minimum absolute atomic E-state index is 0.0599. The molecular formula is C21H23ClN4O9S2. The molecule has 1 fully saturated rings. The monoisotopic (exact) mass is 574 g/mol. The van der Waals surface area contributed by atoms with E-state index in [1.807, 2.05) is 0 Å². The van der Waals surface area contributed by atoms with Crippen molar-refractivity contribution in [3.8, 4) is 0 Å². The summed E-state index contributed by atoms with van der Waals surface area (Å²) in [5.41, 5.74) is 0.673. The van der Waals surface area contributed by atoms with Gasteiger partial charge in [-0.25, -0.2) is 14.6 Å². The summed E-state index contributed by atoms with van der Waals surface area (Å²) in [5.74, 6) is -1.97. The molecule has 16 heteroatoms. The van der Waals surface area contributed by atoms with Crippen LogP contribution in [0, 0.1) is 0 Å². The largest absolute Gasteiger partial charge is 0.512 e. The van der Waals surface area contributed by atoms with Crippen molar-refractivity contribution < 1.29 is 43.3 Å². The number of anilines is 1. The van der Waals surface area contributed by atoms with Crippen molar-refractivity contribution in [3.63, 3.8) is 0 Å². The summed E-state index contributed by atoms with van der Waals surface area (Å²) in [4.78, 5) is 65.3. The van der Waals surface area contributed by atoms with Gasteiger partial charge < -0.3 is 24.6 Å². The Bertz CT molecular complexity index is 1190. The van der Waals surface area contributed by atoms with Crippen molar-refractivity contribution >= 4 is 75.4 Å². The minimum Gasteiger partial charge on any atom is -0.461 e. The molecule has 0 saturated carbocycles. The maximum Gasteiger partial charge on any atom is 0.512 e. The molecule has 3 N–H and O–H groups in total. The van der Waals surface area contributed by atoms with Crippen LogP contribution in [0.4, 0.5) is 14.7 Å². The second kappa shape index (κ2) is 11.4. The fourth-order valence-electron chi connectivity index (χ4n) is 3.18. The molecule has 2 atom stereocenters. The number of thioether (sulfide) groups is 1. The number of hydrogen-bond acceptors (Lipinski definition) is 11. The van der Waals surface area contributed by atoms with Crippen molar-refractivity contribution in [2.75, 3.05) is 17.7 Å². The van der Waals surface area contributed by atoms with Gasteiger partial charge in [-0.1, -0.05) is 11.6 Å². The summed E-state index contributed by atoms with van der Waals surface area (Å²) in [7, 11) is 0. The van der Waals surface area contributed by atoms with Gasteiger partial charge in [-0.3, -0.25) is 24.6 Å². The topological polar surface area (TPSA) is 173 Å². The second-order valence-electron chi connectivity index (χ2n) is 8.61. The average Bonchev–Trinajstić information content (AvgIpc) is 3.22. The fraction of sp³-hybridized carbons (Fsp3) is 0.429. The van der Waals surface area contributed by atoms with Gasteiger partial charge in [-0.15, -0.1) is 23.1 Å². The highest BCUT2D eigenvalue weighted by Gasteiger charge is 2.54. The highest BCUT2D eigenvalue weighted by atomic mass is 35.5. The number of halogens is 1. The van der Waals surface area contributed by atoms with E-state index in [9.17, 15) is 24.0 Å². The third-order valence-electron chi connectivity index (χ3n) is 4.65. The number of fused-ring (bicyclic) bond motifs is 1. The molecule has 3 heterocycles. The molecule has 0 aliphatic carbocycles. The number of nitrogens with one attached hydrogen (secondary N) is 2. The van der Waals surface area contributed by atoms with Crippen LogP contribution in [0.2, 0.25) is 0 Å². The summed E-state index contributed by atoms with van der Waals surface area (Å²) in [6.45, 7) is 6.07. The summed E-state index contributed by atoms with van der Waals surface area (Å²) in [5, 5.41) is 15.1. The van der Waals surface area contributed by atoms with Crippen molar-refractivity contribution in [2.24, 2.45) is 0 Å². The van der Waals surface area contributed by atoms with Crippen molar-refractivity contribution in [3.05, 3.63) is 28.1 Å². The highest BCUT2D eigenvalue weighted by molar-refractivity contribution is 8.00. The van der Waals surface area contributed by atoms with E-state index in [1.165, 1.54) is 24.1 Å². The molecular weight excluding hydrogens is 552 g/mol. The summed E-state index contributed by atoms with van der Waals surface area (Å²) in [6.07, 6.45) is -2.36. The summed E-state index contributed by atoms with van der Waals surface area (Å²) in [6, 6.07) is -1.01. The van der Waals surface area contributed by atoms with E-state index in [4.69, 9.17) is 30.9 Å². The van der Waals surface area contributed by atoms with E-state index >= 15 is 0 Å². The van der Waals surface area contributed by atoms with Gasteiger partial charge in [0.2, 0.25) is 5.88 Å². The third kappa shape index (κ3) is 6.93. The van der Waals surface area contributed by atoms with Crippen LogP contribution >= 0.6 is 34.7 Å². The number of β-lactam (4-membered cyclic amide) rings is 1. The molecule has 200 valence electrons. The second-order valence-corrected chi connectivity index (χ2v) is 10.8. The predicted molar refractivity (Wildman–Crippen MR) is 134 cm³/mol. The lowest BCUT2D eigenvalue weighted by Gasteiger charge is -2.49. The lowest BCUT2D eigenvalue weighted by Crippen LogP contribution is -2.70. The first-order chi connectivity index (χ1) is 17.3. The van der Waals surface area contributed by atoms with Gasteiger partial charge in [0, 0.05) is 29.2 Å². The number of hydrogen-bond donors (Lipinski definition) is 3. The SMILES string of the molecule is CC(=O)OCC1=C(OC(=O)O)N2C(=O)C(NC(=O)C(=CCl)c3csc(NC(=O)OC(C)(C)C)n3)[C@@H]2SC1. The fourth-order valence-corrected chi connectivity index (χ4v) is 5.40. The van der Waals surface area contributed by atoms with E-state index in [0.29, 0.717) is 5.57 Å². The van der Waals surface area contributed by atoms with Gasteiger partial charge in [0.1, 0.15) is 23.6 Å². The third-order valence-corrected chi connectivity index (χ3v) is 6.97. The number of carboxylic acid groups (broad SMARTS) is 1. The van der Waals surface area contributed by atoms with Crippen molar-refractivity contribution in [2.45, 2.75) is 44.7 Å². The van der Waals surface area contributed by atoms with E-state index in [-0.39, 0.29) is 34.6 Å². The molecule has 0 spiro atoms. The molecule has 37 heavy (non-hydrogen) atoms. The molecule has 0 radical (unpaired) electrons. The molecule has 2 aliphatic heterocycles. The van der Waals surface area contributed by atoms with Crippen LogP contribution < -0.4 is 10.6 Å². The van der Waals surface area contributed by atoms with Crippen LogP contribution in [0.3, 0.4) is 0 Å². The molecule has 0 aromatic carbocycles. The number of rotatable bonds is 7. The molecule has 1 saturated heterocycles. The van der Waals surface area contributed by atoms with Gasteiger partial charge in [0.05, 0.1) is 11.3 Å². The Labute approximate surface area is 224 Å². The van der Waals surface area contributed by atoms with Crippen molar-refractivity contribution in [1.82, 2.24) is 15.2 Å². The van der Waals surface area contributed by atoms with Crippen LogP contribution in [-0.4, -0.2) is 74.4 Å². The number of thiazole rings is 1. The number of aromatic nitrogens is 1. The number of nitrogens with zero attached hydrogens (tertiary/aromatic N) is 2. The Morgan fingerprint density at radius 3 is 2.62 bits per heavy atom. The quantitative estimate of drug-likeness (QED) is 0.189. The Morgan fingerprint density at radius 1 is 1.32 bits per heavy atom. The Hall–Kier alpha value is -3.30. The number of ether oxygens (including phenoxy) is 3. The van der Waals surface area contributed by atoms with Crippen LogP contribution in [0.1, 0.15) is 33.4 Å². The molecule has 3 rings (SSSR count). The van der Waals surface area contributed by atoms with Crippen molar-refractivity contribution in [1.29, 1.82) is 0 Å². The predicted octanol–water partition coefficient (Wildman–Crippen LogP) is 2.94. The van der Waals surface area contributed by atoms with Crippen LogP contribution in [0.5, 0.6) is 0 Å².